The van der Waals surface area contributed by atoms with Crippen LogP contribution in [0.25, 0.3) is 22.2 Å². The second-order valence-electron chi connectivity index (χ2n) is 3.97. The van der Waals surface area contributed by atoms with Gasteiger partial charge in [0.25, 0.3) is 0 Å². The van der Waals surface area contributed by atoms with Gasteiger partial charge in [0.05, 0.1) is 15.9 Å². The van der Waals surface area contributed by atoms with Crippen LogP contribution in [-0.4, -0.2) is 10.2 Å². The van der Waals surface area contributed by atoms with Gasteiger partial charge in [0.1, 0.15) is 11.5 Å². The topological polar surface area (TPSA) is 54.7 Å². The maximum Gasteiger partial charge on any atom is 0.141 e. The molecule has 0 radical (unpaired) electrons. The Kier molecular flexibility index (Phi) is 2.45. The molecule has 1 heterocycles. The summed E-state index contributed by atoms with van der Waals surface area (Å²) >= 11 is 5.78. The van der Waals surface area contributed by atoms with Crippen LogP contribution in [0.5, 0.6) is 0 Å². The molecule has 0 amide bonds. The minimum atomic E-state index is -0.451. The SMILES string of the molecule is Nc1cccc2[nH]nc(-c3ccc(F)c(Cl)c3)c12. The highest BCUT2D eigenvalue weighted by molar-refractivity contribution is 6.31. The molecule has 0 saturated carbocycles. The van der Waals surface area contributed by atoms with Crippen LogP contribution in [0.2, 0.25) is 5.02 Å². The summed E-state index contributed by atoms with van der Waals surface area (Å²) in [5.74, 6) is -0.451. The Balaban J connectivity index is 2.28. The van der Waals surface area contributed by atoms with Crippen molar-refractivity contribution in [1.29, 1.82) is 0 Å². The van der Waals surface area contributed by atoms with Gasteiger partial charge in [-0.05, 0) is 30.3 Å². The zero-order chi connectivity index (χ0) is 12.7. The highest BCUT2D eigenvalue weighted by Crippen LogP contribution is 2.32. The van der Waals surface area contributed by atoms with Crippen molar-refractivity contribution >= 4 is 28.2 Å². The number of aromatic amines is 1. The normalized spacial score (nSPS) is 11.0. The molecule has 0 saturated heterocycles. The van der Waals surface area contributed by atoms with Gasteiger partial charge in [-0.1, -0.05) is 17.7 Å². The maximum atomic E-state index is 13.1. The summed E-state index contributed by atoms with van der Waals surface area (Å²) in [5.41, 5.74) is 8.80. The first-order valence-corrected chi connectivity index (χ1v) is 5.72. The summed E-state index contributed by atoms with van der Waals surface area (Å²) in [6.07, 6.45) is 0. The summed E-state index contributed by atoms with van der Waals surface area (Å²) < 4.78 is 13.1. The molecule has 0 atom stereocenters. The quantitative estimate of drug-likeness (QED) is 0.658. The number of halogens is 2. The van der Waals surface area contributed by atoms with E-state index in [1.807, 2.05) is 12.1 Å². The van der Waals surface area contributed by atoms with Crippen LogP contribution < -0.4 is 5.73 Å². The number of anilines is 1. The molecule has 0 unspecified atom stereocenters. The van der Waals surface area contributed by atoms with Crippen molar-refractivity contribution in [2.75, 3.05) is 5.73 Å². The minimum absolute atomic E-state index is 0.0677. The summed E-state index contributed by atoms with van der Waals surface area (Å²) in [5, 5.41) is 7.99. The van der Waals surface area contributed by atoms with Crippen molar-refractivity contribution in [3.63, 3.8) is 0 Å². The van der Waals surface area contributed by atoms with E-state index in [4.69, 9.17) is 17.3 Å². The van der Waals surface area contributed by atoms with Gasteiger partial charge in [0.2, 0.25) is 0 Å². The van der Waals surface area contributed by atoms with Crippen molar-refractivity contribution in [3.05, 3.63) is 47.2 Å². The number of benzene rings is 2. The van der Waals surface area contributed by atoms with E-state index in [1.165, 1.54) is 6.07 Å². The minimum Gasteiger partial charge on any atom is -0.398 e. The third-order valence-corrected chi connectivity index (χ3v) is 3.10. The van der Waals surface area contributed by atoms with Crippen molar-refractivity contribution in [3.8, 4) is 11.3 Å². The van der Waals surface area contributed by atoms with E-state index in [2.05, 4.69) is 10.2 Å². The highest BCUT2D eigenvalue weighted by Gasteiger charge is 2.12. The van der Waals surface area contributed by atoms with Gasteiger partial charge in [0.15, 0.2) is 0 Å². The van der Waals surface area contributed by atoms with E-state index < -0.39 is 5.82 Å². The number of nitrogen functional groups attached to an aromatic ring is 1. The van der Waals surface area contributed by atoms with Gasteiger partial charge in [-0.15, -0.1) is 0 Å². The smallest absolute Gasteiger partial charge is 0.141 e. The van der Waals surface area contributed by atoms with Crippen molar-refractivity contribution in [2.24, 2.45) is 0 Å². The zero-order valence-corrected chi connectivity index (χ0v) is 10.0. The molecule has 0 aliphatic carbocycles. The van der Waals surface area contributed by atoms with Crippen LogP contribution >= 0.6 is 11.6 Å². The van der Waals surface area contributed by atoms with Crippen molar-refractivity contribution < 1.29 is 4.39 Å². The van der Waals surface area contributed by atoms with Gasteiger partial charge in [-0.25, -0.2) is 4.39 Å². The molecule has 0 spiro atoms. The Hall–Kier alpha value is -2.07. The number of nitrogens with two attached hydrogens (primary N) is 1. The van der Waals surface area contributed by atoms with E-state index in [-0.39, 0.29) is 5.02 Å². The lowest BCUT2D eigenvalue weighted by Gasteiger charge is -2.02. The fourth-order valence-corrected chi connectivity index (χ4v) is 2.13. The van der Waals surface area contributed by atoms with Crippen LogP contribution in [0, 0.1) is 5.82 Å². The van der Waals surface area contributed by atoms with Crippen LogP contribution in [0.15, 0.2) is 36.4 Å². The second-order valence-corrected chi connectivity index (χ2v) is 4.38. The van der Waals surface area contributed by atoms with Gasteiger partial charge < -0.3 is 5.73 Å². The average molecular weight is 262 g/mol. The van der Waals surface area contributed by atoms with Crippen molar-refractivity contribution in [1.82, 2.24) is 10.2 Å². The second kappa shape index (κ2) is 3.99. The number of aromatic nitrogens is 2. The number of rotatable bonds is 1. The molecule has 18 heavy (non-hydrogen) atoms. The van der Waals surface area contributed by atoms with Gasteiger partial charge in [-0.2, -0.15) is 5.10 Å². The maximum absolute atomic E-state index is 13.1. The highest BCUT2D eigenvalue weighted by atomic mass is 35.5. The molecule has 3 aromatic rings. The summed E-state index contributed by atoms with van der Waals surface area (Å²) in [4.78, 5) is 0. The van der Waals surface area contributed by atoms with Crippen LogP contribution in [-0.2, 0) is 0 Å². The van der Waals surface area contributed by atoms with E-state index in [0.717, 1.165) is 16.5 Å². The van der Waals surface area contributed by atoms with E-state index in [0.29, 0.717) is 11.4 Å². The summed E-state index contributed by atoms with van der Waals surface area (Å²) in [6, 6.07) is 10.0. The first kappa shape index (κ1) is 11.0. The molecule has 3 nitrogen and oxygen atoms in total. The Morgan fingerprint density at radius 3 is 2.83 bits per heavy atom. The standard InChI is InChI=1S/C13H9ClFN3/c14-8-6-7(4-5-9(8)15)13-12-10(16)2-1-3-11(12)17-18-13/h1-6H,16H2,(H,17,18). The number of hydrogen-bond acceptors (Lipinski definition) is 2. The Bertz CT molecular complexity index is 736. The number of nitrogens with one attached hydrogen (secondary N) is 1. The molecular weight excluding hydrogens is 253 g/mol. The molecule has 0 aliphatic rings. The summed E-state index contributed by atoms with van der Waals surface area (Å²) in [6.45, 7) is 0. The number of H-pyrrole nitrogens is 1. The largest absolute Gasteiger partial charge is 0.398 e. The van der Waals surface area contributed by atoms with E-state index >= 15 is 0 Å². The van der Waals surface area contributed by atoms with Crippen LogP contribution in [0.3, 0.4) is 0 Å². The Morgan fingerprint density at radius 2 is 2.06 bits per heavy atom. The number of hydrogen-bond donors (Lipinski definition) is 2. The third kappa shape index (κ3) is 1.62. The molecule has 2 aromatic carbocycles. The van der Waals surface area contributed by atoms with E-state index in [9.17, 15) is 4.39 Å². The average Bonchev–Trinajstić information content (AvgIpc) is 2.78. The number of fused-ring (bicyclic) bond motifs is 1. The monoisotopic (exact) mass is 261 g/mol. The Morgan fingerprint density at radius 1 is 1.22 bits per heavy atom. The van der Waals surface area contributed by atoms with Gasteiger partial charge in [-0.3, -0.25) is 5.10 Å². The van der Waals surface area contributed by atoms with E-state index in [1.54, 1.807) is 18.2 Å². The molecule has 3 N–H and O–H groups in total. The van der Waals surface area contributed by atoms with Gasteiger partial charge in [0, 0.05) is 11.3 Å². The molecule has 90 valence electrons. The summed E-state index contributed by atoms with van der Waals surface area (Å²) in [7, 11) is 0. The lowest BCUT2D eigenvalue weighted by Crippen LogP contribution is -1.87. The number of nitrogens with zero attached hydrogens (tertiary/aromatic N) is 1. The fraction of sp³-hybridized carbons (Fsp3) is 0. The third-order valence-electron chi connectivity index (χ3n) is 2.81. The molecule has 0 fully saturated rings. The molecular formula is C13H9ClFN3. The molecule has 0 bridgehead atoms. The van der Waals surface area contributed by atoms with Crippen LogP contribution in [0.4, 0.5) is 10.1 Å². The molecule has 3 rings (SSSR count). The molecule has 0 aliphatic heterocycles. The lowest BCUT2D eigenvalue weighted by molar-refractivity contribution is 0.628. The van der Waals surface area contributed by atoms with Gasteiger partial charge >= 0.3 is 0 Å². The first-order valence-electron chi connectivity index (χ1n) is 5.35. The zero-order valence-electron chi connectivity index (χ0n) is 9.24. The first-order chi connectivity index (χ1) is 8.66. The van der Waals surface area contributed by atoms with Crippen LogP contribution in [0.1, 0.15) is 0 Å². The predicted octanol–water partition coefficient (Wildman–Crippen LogP) is 3.60. The molecule has 1 aromatic heterocycles. The van der Waals surface area contributed by atoms with Crippen molar-refractivity contribution in [2.45, 2.75) is 0 Å². The predicted molar refractivity (Wildman–Crippen MR) is 70.9 cm³/mol. The Labute approximate surface area is 107 Å². The fourth-order valence-electron chi connectivity index (χ4n) is 1.95. The lowest BCUT2D eigenvalue weighted by atomic mass is 10.1. The molecule has 5 heteroatoms.